The molecule has 0 spiro atoms. The second-order valence-corrected chi connectivity index (χ2v) is 5.57. The molecule has 0 saturated carbocycles. The maximum atomic E-state index is 6.65. The quantitative estimate of drug-likeness (QED) is 0.647. The Kier molecular flexibility index (Phi) is 4.56. The zero-order chi connectivity index (χ0) is 15.4. The lowest BCUT2D eigenvalue weighted by molar-refractivity contribution is 0.711. The van der Waals surface area contributed by atoms with Crippen LogP contribution in [0, 0.1) is 0 Å². The van der Waals surface area contributed by atoms with E-state index in [1.807, 2.05) is 54.6 Å². The van der Waals surface area contributed by atoms with Crippen molar-refractivity contribution in [3.63, 3.8) is 0 Å². The van der Waals surface area contributed by atoms with Crippen LogP contribution in [0.2, 0.25) is 5.02 Å². The molecule has 0 aliphatic heterocycles. The third-order valence-corrected chi connectivity index (χ3v) is 3.97. The standard InChI is InChI=1S/C17H13Cl2N3/c18-15-8-6-13(7-9-15)16(10-22-12-20-11-21-22)17(19)14-4-2-1-3-5-14/h1-9,11-12H,10H2/b17-16+. The van der Waals surface area contributed by atoms with Crippen LogP contribution < -0.4 is 0 Å². The first-order valence-electron chi connectivity index (χ1n) is 6.76. The Bertz CT molecular complexity index is 763. The van der Waals surface area contributed by atoms with E-state index in [0.717, 1.165) is 16.7 Å². The van der Waals surface area contributed by atoms with E-state index in [1.54, 1.807) is 11.0 Å². The molecule has 22 heavy (non-hydrogen) atoms. The van der Waals surface area contributed by atoms with E-state index in [4.69, 9.17) is 23.2 Å². The predicted octanol–water partition coefficient (Wildman–Crippen LogP) is 4.74. The van der Waals surface area contributed by atoms with E-state index in [2.05, 4.69) is 10.1 Å². The van der Waals surface area contributed by atoms with Crippen molar-refractivity contribution in [3.8, 4) is 0 Å². The first-order chi connectivity index (χ1) is 10.7. The van der Waals surface area contributed by atoms with Crippen molar-refractivity contribution in [2.45, 2.75) is 6.54 Å². The van der Waals surface area contributed by atoms with Gasteiger partial charge in [0.2, 0.25) is 0 Å². The highest BCUT2D eigenvalue weighted by molar-refractivity contribution is 6.52. The van der Waals surface area contributed by atoms with E-state index in [0.29, 0.717) is 16.6 Å². The van der Waals surface area contributed by atoms with Crippen LogP contribution in [-0.4, -0.2) is 14.8 Å². The second-order valence-electron chi connectivity index (χ2n) is 4.76. The summed E-state index contributed by atoms with van der Waals surface area (Å²) >= 11 is 12.6. The van der Waals surface area contributed by atoms with Gasteiger partial charge >= 0.3 is 0 Å². The minimum absolute atomic E-state index is 0.537. The number of nitrogens with zero attached hydrogens (tertiary/aromatic N) is 3. The molecule has 0 radical (unpaired) electrons. The van der Waals surface area contributed by atoms with Gasteiger partial charge in [-0.05, 0) is 23.3 Å². The SMILES string of the molecule is Cl/C(=C(\Cn1cncn1)c1ccc(Cl)cc1)c1ccccc1. The Labute approximate surface area is 138 Å². The molecule has 0 aliphatic rings. The number of halogens is 2. The zero-order valence-electron chi connectivity index (χ0n) is 11.7. The second kappa shape index (κ2) is 6.77. The van der Waals surface area contributed by atoms with Gasteiger partial charge in [0.1, 0.15) is 12.7 Å². The molecule has 110 valence electrons. The Morgan fingerprint density at radius 3 is 2.32 bits per heavy atom. The highest BCUT2D eigenvalue weighted by Crippen LogP contribution is 2.31. The van der Waals surface area contributed by atoms with Crippen LogP contribution in [0.15, 0.2) is 67.3 Å². The van der Waals surface area contributed by atoms with Crippen molar-refractivity contribution in [3.05, 3.63) is 83.4 Å². The fourth-order valence-electron chi connectivity index (χ4n) is 2.17. The largest absolute Gasteiger partial charge is 0.248 e. The van der Waals surface area contributed by atoms with E-state index in [1.165, 1.54) is 6.33 Å². The number of benzene rings is 2. The summed E-state index contributed by atoms with van der Waals surface area (Å²) in [4.78, 5) is 3.98. The highest BCUT2D eigenvalue weighted by Gasteiger charge is 2.11. The van der Waals surface area contributed by atoms with E-state index in [9.17, 15) is 0 Å². The fraction of sp³-hybridized carbons (Fsp3) is 0.0588. The maximum absolute atomic E-state index is 6.65. The van der Waals surface area contributed by atoms with Gasteiger partial charge in [-0.25, -0.2) is 9.67 Å². The summed E-state index contributed by atoms with van der Waals surface area (Å²) in [5.74, 6) is 0. The van der Waals surface area contributed by atoms with Crippen LogP contribution in [0.5, 0.6) is 0 Å². The van der Waals surface area contributed by atoms with E-state index < -0.39 is 0 Å². The van der Waals surface area contributed by atoms with Crippen LogP contribution in [0.1, 0.15) is 11.1 Å². The highest BCUT2D eigenvalue weighted by atomic mass is 35.5. The molecule has 2 aromatic carbocycles. The minimum atomic E-state index is 0.537. The van der Waals surface area contributed by atoms with Gasteiger partial charge in [-0.15, -0.1) is 0 Å². The molecule has 0 N–H and O–H groups in total. The first kappa shape index (κ1) is 14.8. The van der Waals surface area contributed by atoms with Crippen LogP contribution >= 0.6 is 23.2 Å². The van der Waals surface area contributed by atoms with Gasteiger partial charge in [0.05, 0.1) is 11.6 Å². The molecule has 0 bridgehead atoms. The number of rotatable bonds is 4. The van der Waals surface area contributed by atoms with Gasteiger partial charge in [0.15, 0.2) is 0 Å². The summed E-state index contributed by atoms with van der Waals surface area (Å²) < 4.78 is 1.75. The van der Waals surface area contributed by atoms with Crippen LogP contribution in [0.25, 0.3) is 10.6 Å². The molecule has 3 aromatic rings. The summed E-state index contributed by atoms with van der Waals surface area (Å²) in [6.07, 6.45) is 3.18. The normalized spacial score (nSPS) is 12.1. The summed E-state index contributed by atoms with van der Waals surface area (Å²) in [5.41, 5.74) is 2.94. The van der Waals surface area contributed by atoms with Crippen LogP contribution in [0.3, 0.4) is 0 Å². The van der Waals surface area contributed by atoms with Crippen molar-refractivity contribution in [2.24, 2.45) is 0 Å². The number of hydrogen-bond donors (Lipinski definition) is 0. The van der Waals surface area contributed by atoms with E-state index in [-0.39, 0.29) is 0 Å². The van der Waals surface area contributed by atoms with Crippen molar-refractivity contribution < 1.29 is 0 Å². The first-order valence-corrected chi connectivity index (χ1v) is 7.52. The average molecular weight is 330 g/mol. The van der Waals surface area contributed by atoms with Gasteiger partial charge in [0, 0.05) is 10.6 Å². The molecular weight excluding hydrogens is 317 g/mol. The Morgan fingerprint density at radius 1 is 0.955 bits per heavy atom. The molecule has 3 nitrogen and oxygen atoms in total. The molecule has 0 fully saturated rings. The van der Waals surface area contributed by atoms with Crippen molar-refractivity contribution in [1.82, 2.24) is 14.8 Å². The number of allylic oxidation sites excluding steroid dienone is 1. The fourth-order valence-corrected chi connectivity index (χ4v) is 2.59. The van der Waals surface area contributed by atoms with Gasteiger partial charge in [-0.3, -0.25) is 0 Å². The zero-order valence-corrected chi connectivity index (χ0v) is 13.2. The molecule has 0 unspecified atom stereocenters. The van der Waals surface area contributed by atoms with Gasteiger partial charge in [-0.1, -0.05) is 65.7 Å². The van der Waals surface area contributed by atoms with Crippen molar-refractivity contribution in [2.75, 3.05) is 0 Å². The predicted molar refractivity (Wildman–Crippen MR) is 90.6 cm³/mol. The Morgan fingerprint density at radius 2 is 1.68 bits per heavy atom. The van der Waals surface area contributed by atoms with E-state index >= 15 is 0 Å². The topological polar surface area (TPSA) is 30.7 Å². The lowest BCUT2D eigenvalue weighted by Gasteiger charge is -2.12. The molecular formula is C17H13Cl2N3. The molecule has 1 aromatic heterocycles. The third kappa shape index (κ3) is 3.38. The molecule has 0 saturated heterocycles. The minimum Gasteiger partial charge on any atom is -0.248 e. The molecule has 5 heteroatoms. The third-order valence-electron chi connectivity index (χ3n) is 3.27. The van der Waals surface area contributed by atoms with Crippen molar-refractivity contribution >= 4 is 33.8 Å². The summed E-state index contributed by atoms with van der Waals surface area (Å²) in [5, 5.41) is 5.55. The average Bonchev–Trinajstić information content (AvgIpc) is 3.07. The number of hydrogen-bond acceptors (Lipinski definition) is 2. The van der Waals surface area contributed by atoms with Gasteiger partial charge in [0.25, 0.3) is 0 Å². The Balaban J connectivity index is 2.07. The van der Waals surface area contributed by atoms with Gasteiger partial charge < -0.3 is 0 Å². The lowest BCUT2D eigenvalue weighted by atomic mass is 10.0. The van der Waals surface area contributed by atoms with Crippen molar-refractivity contribution in [1.29, 1.82) is 0 Å². The van der Waals surface area contributed by atoms with Crippen LogP contribution in [-0.2, 0) is 6.54 Å². The number of aromatic nitrogens is 3. The molecule has 3 rings (SSSR count). The monoisotopic (exact) mass is 329 g/mol. The summed E-state index contributed by atoms with van der Waals surface area (Å²) in [6.45, 7) is 0.537. The summed E-state index contributed by atoms with van der Waals surface area (Å²) in [7, 11) is 0. The van der Waals surface area contributed by atoms with Gasteiger partial charge in [-0.2, -0.15) is 5.10 Å². The molecule has 0 aliphatic carbocycles. The Hall–Kier alpha value is -2.10. The maximum Gasteiger partial charge on any atom is 0.137 e. The summed E-state index contributed by atoms with van der Waals surface area (Å²) in [6, 6.07) is 17.5. The molecule has 0 amide bonds. The smallest absolute Gasteiger partial charge is 0.137 e. The molecule has 0 atom stereocenters. The molecule has 1 heterocycles. The van der Waals surface area contributed by atoms with Crippen LogP contribution in [0.4, 0.5) is 0 Å². The lowest BCUT2D eigenvalue weighted by Crippen LogP contribution is -2.02.